The molecule has 0 atom stereocenters. The van der Waals surface area contributed by atoms with Gasteiger partial charge in [-0.1, -0.05) is 35.2 Å². The van der Waals surface area contributed by atoms with Crippen LogP contribution in [0.5, 0.6) is 0 Å². The van der Waals surface area contributed by atoms with E-state index in [1.54, 1.807) is 12.1 Å². The minimum atomic E-state index is -0.417. The van der Waals surface area contributed by atoms with Gasteiger partial charge in [0.05, 0.1) is 4.92 Å². The van der Waals surface area contributed by atoms with Gasteiger partial charge < -0.3 is 0 Å². The van der Waals surface area contributed by atoms with Crippen molar-refractivity contribution in [3.63, 3.8) is 0 Å². The van der Waals surface area contributed by atoms with Crippen molar-refractivity contribution in [1.29, 1.82) is 0 Å². The van der Waals surface area contributed by atoms with Gasteiger partial charge in [-0.05, 0) is 6.26 Å². The third kappa shape index (κ3) is 2.20. The summed E-state index contributed by atoms with van der Waals surface area (Å²) in [6.45, 7) is 0. The number of non-ortho nitro benzene ring substituents is 1. The lowest BCUT2D eigenvalue weighted by molar-refractivity contribution is -0.384. The first-order valence-electron chi connectivity index (χ1n) is 4.33. The second-order valence-corrected chi connectivity index (χ2v) is 4.92. The van der Waals surface area contributed by atoms with Gasteiger partial charge in [0, 0.05) is 17.7 Å². The van der Waals surface area contributed by atoms with Crippen molar-refractivity contribution in [3.8, 4) is 10.6 Å². The first kappa shape index (κ1) is 11.0. The van der Waals surface area contributed by atoms with Crippen LogP contribution in [-0.4, -0.2) is 21.4 Å². The predicted molar refractivity (Wildman–Crippen MR) is 63.8 cm³/mol. The fourth-order valence-corrected chi connectivity index (χ4v) is 2.43. The molecule has 0 amide bonds. The van der Waals surface area contributed by atoms with Crippen LogP contribution < -0.4 is 0 Å². The molecular formula is C9H7N3O2S2. The molecule has 1 heterocycles. The zero-order valence-electron chi connectivity index (χ0n) is 8.28. The van der Waals surface area contributed by atoms with Crippen LogP contribution in [0, 0.1) is 10.1 Å². The number of nitro benzene ring substituents is 1. The van der Waals surface area contributed by atoms with Gasteiger partial charge in [0.25, 0.3) is 5.69 Å². The SMILES string of the molecule is CSc1nnc(-c2cccc([N+](=O)[O-])c2)s1. The van der Waals surface area contributed by atoms with Gasteiger partial charge in [-0.2, -0.15) is 0 Å². The van der Waals surface area contributed by atoms with Crippen LogP contribution in [0.15, 0.2) is 28.6 Å². The highest BCUT2D eigenvalue weighted by atomic mass is 32.2. The average Bonchev–Trinajstić information content (AvgIpc) is 2.77. The molecule has 0 N–H and O–H groups in total. The van der Waals surface area contributed by atoms with E-state index in [-0.39, 0.29) is 5.69 Å². The Morgan fingerprint density at radius 2 is 2.25 bits per heavy atom. The second-order valence-electron chi connectivity index (χ2n) is 2.88. The Morgan fingerprint density at radius 1 is 1.44 bits per heavy atom. The van der Waals surface area contributed by atoms with Crippen LogP contribution in [-0.2, 0) is 0 Å². The van der Waals surface area contributed by atoms with E-state index in [1.807, 2.05) is 6.26 Å². The molecule has 0 saturated heterocycles. The molecule has 0 aliphatic carbocycles. The van der Waals surface area contributed by atoms with Crippen molar-refractivity contribution < 1.29 is 4.92 Å². The summed E-state index contributed by atoms with van der Waals surface area (Å²) in [5.41, 5.74) is 0.797. The second kappa shape index (κ2) is 4.58. The predicted octanol–water partition coefficient (Wildman–Crippen LogP) is 2.84. The van der Waals surface area contributed by atoms with Crippen molar-refractivity contribution in [1.82, 2.24) is 10.2 Å². The molecule has 0 aliphatic heterocycles. The highest BCUT2D eigenvalue weighted by Crippen LogP contribution is 2.29. The van der Waals surface area contributed by atoms with E-state index in [0.717, 1.165) is 9.90 Å². The molecule has 0 unspecified atom stereocenters. The van der Waals surface area contributed by atoms with Gasteiger partial charge in [-0.25, -0.2) is 0 Å². The molecule has 16 heavy (non-hydrogen) atoms. The van der Waals surface area contributed by atoms with Crippen molar-refractivity contribution >= 4 is 28.8 Å². The van der Waals surface area contributed by atoms with Gasteiger partial charge in [-0.15, -0.1) is 10.2 Å². The van der Waals surface area contributed by atoms with E-state index in [1.165, 1.54) is 35.2 Å². The van der Waals surface area contributed by atoms with Crippen LogP contribution in [0.2, 0.25) is 0 Å². The number of nitrogens with zero attached hydrogens (tertiary/aromatic N) is 3. The largest absolute Gasteiger partial charge is 0.270 e. The normalized spacial score (nSPS) is 10.3. The fraction of sp³-hybridized carbons (Fsp3) is 0.111. The summed E-state index contributed by atoms with van der Waals surface area (Å²) in [5, 5.41) is 19.2. The standard InChI is InChI=1S/C9H7N3O2S2/c1-15-9-11-10-8(16-9)6-3-2-4-7(5-6)12(13)14/h2-5H,1H3. The Hall–Kier alpha value is -1.47. The van der Waals surface area contributed by atoms with E-state index < -0.39 is 4.92 Å². The van der Waals surface area contributed by atoms with Crippen molar-refractivity contribution in [2.24, 2.45) is 0 Å². The van der Waals surface area contributed by atoms with Crippen molar-refractivity contribution in [2.75, 3.05) is 6.26 Å². The summed E-state index contributed by atoms with van der Waals surface area (Å²) in [5.74, 6) is 0. The van der Waals surface area contributed by atoms with Gasteiger partial charge in [0.2, 0.25) is 0 Å². The number of benzene rings is 1. The smallest absolute Gasteiger partial charge is 0.258 e. The molecule has 7 heteroatoms. The topological polar surface area (TPSA) is 68.9 Å². The third-order valence-electron chi connectivity index (χ3n) is 1.89. The van der Waals surface area contributed by atoms with E-state index in [9.17, 15) is 10.1 Å². The molecule has 0 fully saturated rings. The Morgan fingerprint density at radius 3 is 2.88 bits per heavy atom. The Bertz CT molecular complexity index is 527. The Labute approximate surface area is 99.7 Å². The molecule has 1 aromatic carbocycles. The van der Waals surface area contributed by atoms with Gasteiger partial charge in [0.1, 0.15) is 5.01 Å². The number of hydrogen-bond acceptors (Lipinski definition) is 6. The molecule has 0 bridgehead atoms. The highest BCUT2D eigenvalue weighted by molar-refractivity contribution is 8.00. The molecule has 5 nitrogen and oxygen atoms in total. The summed E-state index contributed by atoms with van der Waals surface area (Å²) in [7, 11) is 0. The maximum atomic E-state index is 10.6. The van der Waals surface area contributed by atoms with Crippen molar-refractivity contribution in [2.45, 2.75) is 4.34 Å². The van der Waals surface area contributed by atoms with E-state index in [4.69, 9.17) is 0 Å². The van der Waals surface area contributed by atoms with Gasteiger partial charge in [-0.3, -0.25) is 10.1 Å². The number of rotatable bonds is 3. The summed E-state index contributed by atoms with van der Waals surface area (Å²) in [4.78, 5) is 10.2. The van der Waals surface area contributed by atoms with E-state index in [0.29, 0.717) is 5.01 Å². The van der Waals surface area contributed by atoms with Crippen LogP contribution >= 0.6 is 23.1 Å². The summed E-state index contributed by atoms with van der Waals surface area (Å²) < 4.78 is 0.849. The monoisotopic (exact) mass is 253 g/mol. The lowest BCUT2D eigenvalue weighted by atomic mass is 10.2. The maximum Gasteiger partial charge on any atom is 0.270 e. The summed E-state index contributed by atoms with van der Waals surface area (Å²) >= 11 is 2.93. The van der Waals surface area contributed by atoms with Crippen molar-refractivity contribution in [3.05, 3.63) is 34.4 Å². The first-order chi connectivity index (χ1) is 7.70. The molecule has 1 aromatic heterocycles. The number of nitro groups is 1. The number of thioether (sulfide) groups is 1. The molecule has 0 aliphatic rings. The third-order valence-corrected chi connectivity index (χ3v) is 3.83. The van der Waals surface area contributed by atoms with Gasteiger partial charge >= 0.3 is 0 Å². The zero-order valence-corrected chi connectivity index (χ0v) is 9.92. The lowest BCUT2D eigenvalue weighted by Gasteiger charge is -1.94. The van der Waals surface area contributed by atoms with Crippen LogP contribution in [0.1, 0.15) is 0 Å². The van der Waals surface area contributed by atoms with Crippen LogP contribution in [0.25, 0.3) is 10.6 Å². The minimum Gasteiger partial charge on any atom is -0.258 e. The van der Waals surface area contributed by atoms with E-state index in [2.05, 4.69) is 10.2 Å². The first-order valence-corrected chi connectivity index (χ1v) is 6.37. The quantitative estimate of drug-likeness (QED) is 0.478. The molecule has 2 rings (SSSR count). The lowest BCUT2D eigenvalue weighted by Crippen LogP contribution is -1.87. The van der Waals surface area contributed by atoms with Crippen LogP contribution in [0.3, 0.4) is 0 Å². The molecule has 0 spiro atoms. The van der Waals surface area contributed by atoms with E-state index >= 15 is 0 Å². The van der Waals surface area contributed by atoms with Crippen LogP contribution in [0.4, 0.5) is 5.69 Å². The molecule has 0 radical (unpaired) electrons. The highest BCUT2D eigenvalue weighted by Gasteiger charge is 2.10. The zero-order chi connectivity index (χ0) is 11.5. The molecular weight excluding hydrogens is 246 g/mol. The summed E-state index contributed by atoms with van der Waals surface area (Å²) in [6, 6.07) is 6.40. The Kier molecular flexibility index (Phi) is 3.16. The number of aromatic nitrogens is 2. The fourth-order valence-electron chi connectivity index (χ4n) is 1.16. The molecule has 82 valence electrons. The number of hydrogen-bond donors (Lipinski definition) is 0. The maximum absolute atomic E-state index is 10.6. The van der Waals surface area contributed by atoms with Gasteiger partial charge in [0.15, 0.2) is 4.34 Å². The Balaban J connectivity index is 2.40. The average molecular weight is 253 g/mol. The molecule has 2 aromatic rings. The minimum absolute atomic E-state index is 0.0680. The molecule has 0 saturated carbocycles. The summed E-state index contributed by atoms with van der Waals surface area (Å²) in [6.07, 6.45) is 1.91.